The molecule has 6 nitrogen and oxygen atoms in total. The van der Waals surface area contributed by atoms with Crippen LogP contribution in [0.25, 0.3) is 0 Å². The first-order chi connectivity index (χ1) is 8.04. The van der Waals surface area contributed by atoms with Crippen molar-refractivity contribution in [2.75, 3.05) is 7.11 Å². The highest BCUT2D eigenvalue weighted by molar-refractivity contribution is 5.84. The molecule has 0 radical (unpaired) electrons. The Bertz CT molecular complexity index is 367. The van der Waals surface area contributed by atoms with Crippen LogP contribution in [0.15, 0.2) is 0 Å². The number of fused-ring (bicyclic) bond motifs is 3. The molecule has 3 saturated carbocycles. The lowest BCUT2D eigenvalue weighted by atomic mass is 9.60. The maximum Gasteiger partial charge on any atom is 0.306 e. The van der Waals surface area contributed by atoms with Crippen molar-refractivity contribution in [1.82, 2.24) is 0 Å². The van der Waals surface area contributed by atoms with Crippen LogP contribution in [-0.2, 0) is 14.3 Å². The Kier molecular flexibility index (Phi) is 3.13. The molecule has 0 aromatic carbocycles. The van der Waals surface area contributed by atoms with Crippen LogP contribution in [0.1, 0.15) is 25.7 Å². The number of hydrogen-bond donors (Lipinski definition) is 0. The van der Waals surface area contributed by atoms with E-state index in [1.54, 1.807) is 0 Å². The maximum absolute atomic E-state index is 11.7. The van der Waals surface area contributed by atoms with E-state index in [0.29, 0.717) is 12.8 Å². The number of methoxy groups -OCH3 is 1. The van der Waals surface area contributed by atoms with Gasteiger partial charge in [0.25, 0.3) is 0 Å². The third-order valence-electron chi connectivity index (χ3n) is 4.04. The minimum atomic E-state index is -0.759. The number of carbonyl (C=O) groups excluding carboxylic acids is 2. The lowest BCUT2D eigenvalue weighted by Gasteiger charge is -2.42. The Morgan fingerprint density at radius 3 is 2.76 bits per heavy atom. The summed E-state index contributed by atoms with van der Waals surface area (Å²) < 4.78 is 4.55. The smallest absolute Gasteiger partial charge is 0.306 e. The van der Waals surface area contributed by atoms with E-state index in [1.165, 1.54) is 7.11 Å². The molecule has 3 aliphatic carbocycles. The Balaban J connectivity index is 2.21. The molecule has 0 aliphatic heterocycles. The molecule has 2 bridgehead atoms. The third-order valence-corrected chi connectivity index (χ3v) is 4.04. The highest BCUT2D eigenvalue weighted by Crippen LogP contribution is 2.45. The molecule has 0 N–H and O–H groups in total. The van der Waals surface area contributed by atoms with E-state index < -0.39 is 17.9 Å². The first-order valence-corrected chi connectivity index (χ1v) is 5.77. The van der Waals surface area contributed by atoms with E-state index in [-0.39, 0.29) is 29.0 Å². The molecular weight excluding hydrogens is 226 g/mol. The lowest BCUT2D eigenvalue weighted by Crippen LogP contribution is -2.52. The Morgan fingerprint density at radius 1 is 1.53 bits per heavy atom. The van der Waals surface area contributed by atoms with Crippen LogP contribution in [-0.4, -0.2) is 29.8 Å². The minimum Gasteiger partial charge on any atom is -0.469 e. The van der Waals surface area contributed by atoms with Gasteiger partial charge in [-0.2, -0.15) is 0 Å². The Labute approximate surface area is 98.5 Å². The average molecular weight is 241 g/mol. The van der Waals surface area contributed by atoms with Gasteiger partial charge in [-0.25, -0.2) is 0 Å². The van der Waals surface area contributed by atoms with E-state index >= 15 is 0 Å². The van der Waals surface area contributed by atoms with E-state index in [4.69, 9.17) is 0 Å². The summed E-state index contributed by atoms with van der Waals surface area (Å²) in [7, 11) is 1.26. The molecule has 0 aromatic rings. The number of nitro groups is 1. The first kappa shape index (κ1) is 12.0. The van der Waals surface area contributed by atoms with Gasteiger partial charge in [0.15, 0.2) is 0 Å². The van der Waals surface area contributed by atoms with Gasteiger partial charge in [0.2, 0.25) is 6.04 Å². The van der Waals surface area contributed by atoms with E-state index in [9.17, 15) is 19.7 Å². The van der Waals surface area contributed by atoms with Crippen LogP contribution in [0, 0.1) is 27.9 Å². The van der Waals surface area contributed by atoms with Crippen molar-refractivity contribution in [3.63, 3.8) is 0 Å². The monoisotopic (exact) mass is 241 g/mol. The molecular formula is C11H15NO5. The zero-order valence-electron chi connectivity index (χ0n) is 9.63. The number of ether oxygens (including phenoxy) is 1. The van der Waals surface area contributed by atoms with Crippen molar-refractivity contribution in [3.8, 4) is 0 Å². The lowest BCUT2D eigenvalue weighted by molar-refractivity contribution is -0.548. The van der Waals surface area contributed by atoms with Crippen LogP contribution in [0.3, 0.4) is 0 Å². The maximum atomic E-state index is 11.7. The molecule has 4 atom stereocenters. The Morgan fingerprint density at radius 2 is 2.24 bits per heavy atom. The average Bonchev–Trinajstić information content (AvgIpc) is 2.28. The standard InChI is InChI=1S/C11H15NO5/c1-17-10(14)5-8-7-3-2-6(4-9(7)13)11(8)12(15)16/h6-8,11H,2-5H2,1H3/t6-,7-,8+,11-/m1/s1. The minimum absolute atomic E-state index is 0.0188. The normalized spacial score (nSPS) is 35.7. The summed E-state index contributed by atoms with van der Waals surface area (Å²) >= 11 is 0. The molecule has 94 valence electrons. The van der Waals surface area contributed by atoms with Gasteiger partial charge in [-0.3, -0.25) is 19.7 Å². The zero-order valence-corrected chi connectivity index (χ0v) is 9.63. The number of hydrogen-bond acceptors (Lipinski definition) is 5. The largest absolute Gasteiger partial charge is 0.469 e. The molecule has 3 rings (SSSR count). The van der Waals surface area contributed by atoms with Crippen LogP contribution >= 0.6 is 0 Å². The molecule has 0 unspecified atom stereocenters. The van der Waals surface area contributed by atoms with Crippen molar-refractivity contribution >= 4 is 11.8 Å². The van der Waals surface area contributed by atoms with Crippen LogP contribution in [0.2, 0.25) is 0 Å². The van der Waals surface area contributed by atoms with Gasteiger partial charge in [-0.1, -0.05) is 0 Å². The second kappa shape index (κ2) is 4.43. The summed E-state index contributed by atoms with van der Waals surface area (Å²) in [5, 5.41) is 11.1. The fraction of sp³-hybridized carbons (Fsp3) is 0.818. The fourth-order valence-corrected chi connectivity index (χ4v) is 3.27. The van der Waals surface area contributed by atoms with Crippen molar-refractivity contribution in [1.29, 1.82) is 0 Å². The van der Waals surface area contributed by atoms with Gasteiger partial charge < -0.3 is 4.74 Å². The fourth-order valence-electron chi connectivity index (χ4n) is 3.27. The molecule has 0 amide bonds. The summed E-state index contributed by atoms with van der Waals surface area (Å²) in [4.78, 5) is 33.8. The number of Topliss-reactive ketones (excluding diaryl/α,β-unsaturated/α-hetero) is 1. The second-order valence-corrected chi connectivity index (χ2v) is 4.83. The summed E-state index contributed by atoms with van der Waals surface area (Å²) in [6.45, 7) is 0. The molecule has 3 fully saturated rings. The number of rotatable bonds is 3. The van der Waals surface area contributed by atoms with Gasteiger partial charge >= 0.3 is 5.97 Å². The van der Waals surface area contributed by atoms with Crippen molar-refractivity contribution in [2.45, 2.75) is 31.7 Å². The first-order valence-electron chi connectivity index (χ1n) is 5.77. The molecule has 3 aliphatic rings. The summed E-state index contributed by atoms with van der Waals surface area (Å²) in [6.07, 6.45) is 1.68. The van der Waals surface area contributed by atoms with Crippen LogP contribution < -0.4 is 0 Å². The number of nitrogens with zero attached hydrogens (tertiary/aromatic N) is 1. The second-order valence-electron chi connectivity index (χ2n) is 4.83. The third kappa shape index (κ3) is 2.03. The predicted octanol–water partition coefficient (Wildman–Crippen LogP) is 0.810. The molecule has 6 heteroatoms. The highest BCUT2D eigenvalue weighted by Gasteiger charge is 2.54. The zero-order chi connectivity index (χ0) is 12.6. The Hall–Kier alpha value is -1.46. The van der Waals surface area contributed by atoms with E-state index in [1.807, 2.05) is 0 Å². The quantitative estimate of drug-likeness (QED) is 0.414. The molecule has 0 saturated heterocycles. The SMILES string of the molecule is COC(=O)C[C@@H]1[C@H]([N+](=O)[O-])[C@@H]2CC[C@H]1C(=O)C2. The van der Waals surface area contributed by atoms with E-state index in [0.717, 1.165) is 6.42 Å². The molecule has 0 spiro atoms. The van der Waals surface area contributed by atoms with Crippen LogP contribution in [0.5, 0.6) is 0 Å². The van der Waals surface area contributed by atoms with Crippen molar-refractivity contribution in [2.24, 2.45) is 17.8 Å². The predicted molar refractivity (Wildman–Crippen MR) is 56.7 cm³/mol. The highest BCUT2D eigenvalue weighted by atomic mass is 16.6. The molecule has 17 heavy (non-hydrogen) atoms. The van der Waals surface area contributed by atoms with Gasteiger partial charge in [0.05, 0.1) is 13.5 Å². The van der Waals surface area contributed by atoms with Crippen molar-refractivity contribution in [3.05, 3.63) is 10.1 Å². The van der Waals surface area contributed by atoms with E-state index in [2.05, 4.69) is 4.74 Å². The van der Waals surface area contributed by atoms with Gasteiger partial charge in [0, 0.05) is 29.1 Å². The summed E-state index contributed by atoms with van der Waals surface area (Å²) in [5.74, 6) is -1.39. The van der Waals surface area contributed by atoms with Gasteiger partial charge in [0.1, 0.15) is 5.78 Å². The van der Waals surface area contributed by atoms with Crippen LogP contribution in [0.4, 0.5) is 0 Å². The van der Waals surface area contributed by atoms with Crippen molar-refractivity contribution < 1.29 is 19.2 Å². The summed E-state index contributed by atoms with van der Waals surface area (Å²) in [6, 6.07) is -0.759. The summed E-state index contributed by atoms with van der Waals surface area (Å²) in [5.41, 5.74) is 0. The topological polar surface area (TPSA) is 86.5 Å². The number of ketones is 1. The number of esters is 1. The van der Waals surface area contributed by atoms with Gasteiger partial charge in [-0.05, 0) is 12.8 Å². The number of carbonyl (C=O) groups is 2. The van der Waals surface area contributed by atoms with Gasteiger partial charge in [-0.15, -0.1) is 0 Å². The molecule has 0 heterocycles. The molecule has 0 aromatic heterocycles.